The Bertz CT molecular complexity index is 1230. The number of aromatic nitrogens is 1. The molecule has 1 N–H and O–H groups in total. The Morgan fingerprint density at radius 1 is 0.971 bits per heavy atom. The van der Waals surface area contributed by atoms with Crippen molar-refractivity contribution in [3.8, 4) is 11.3 Å². The molecule has 0 saturated heterocycles. The van der Waals surface area contributed by atoms with Gasteiger partial charge in [0.1, 0.15) is 17.0 Å². The van der Waals surface area contributed by atoms with Crippen LogP contribution in [0.4, 0.5) is 11.4 Å². The number of sulfonamides is 1. The molecule has 3 rings (SSSR count). The molecule has 0 bridgehead atoms. The maximum atomic E-state index is 13.5. The molecule has 0 radical (unpaired) electrons. The second kappa shape index (κ2) is 10.8. The monoisotopic (exact) mass is 484 g/mol. The molecular formula is C25H32N4O4S. The molecule has 0 saturated carbocycles. The summed E-state index contributed by atoms with van der Waals surface area (Å²) in [5.41, 5.74) is 2.67. The topological polar surface area (TPSA) is 95.8 Å². The summed E-state index contributed by atoms with van der Waals surface area (Å²) < 4.78 is 33.0. The molecule has 0 fully saturated rings. The van der Waals surface area contributed by atoms with Crippen LogP contribution in [-0.4, -0.2) is 50.0 Å². The minimum atomic E-state index is -3.70. The number of nitrogens with one attached hydrogen (secondary N) is 1. The summed E-state index contributed by atoms with van der Waals surface area (Å²) in [6, 6.07) is 14.2. The summed E-state index contributed by atoms with van der Waals surface area (Å²) in [5.74, 6) is -0.0314. The first-order valence-electron chi connectivity index (χ1n) is 11.5. The second-order valence-corrected chi connectivity index (χ2v) is 9.66. The number of amides is 1. The number of anilines is 2. The van der Waals surface area contributed by atoms with Crippen LogP contribution in [0.5, 0.6) is 0 Å². The lowest BCUT2D eigenvalue weighted by Gasteiger charge is -2.26. The van der Waals surface area contributed by atoms with Crippen LogP contribution in [0.1, 0.15) is 43.8 Å². The van der Waals surface area contributed by atoms with Crippen LogP contribution in [0.25, 0.3) is 11.3 Å². The van der Waals surface area contributed by atoms with Crippen molar-refractivity contribution >= 4 is 27.3 Å². The molecule has 9 heteroatoms. The number of nitrogens with zero attached hydrogens (tertiary/aromatic N) is 3. The van der Waals surface area contributed by atoms with Crippen molar-refractivity contribution < 1.29 is 17.7 Å². The van der Waals surface area contributed by atoms with Gasteiger partial charge in [0.15, 0.2) is 0 Å². The van der Waals surface area contributed by atoms with Gasteiger partial charge in [0.05, 0.1) is 16.3 Å². The largest absolute Gasteiger partial charge is 0.370 e. The zero-order valence-electron chi connectivity index (χ0n) is 20.3. The molecule has 34 heavy (non-hydrogen) atoms. The van der Waals surface area contributed by atoms with Crippen LogP contribution < -0.4 is 10.2 Å². The number of carbonyl (C=O) groups excluding carboxylic acids is 1. The minimum absolute atomic E-state index is 0.132. The molecule has 0 aliphatic carbocycles. The van der Waals surface area contributed by atoms with E-state index in [0.717, 1.165) is 11.3 Å². The van der Waals surface area contributed by atoms with Crippen molar-refractivity contribution in [1.82, 2.24) is 9.46 Å². The molecule has 0 aliphatic rings. The van der Waals surface area contributed by atoms with Gasteiger partial charge in [-0.05, 0) is 39.0 Å². The van der Waals surface area contributed by atoms with E-state index >= 15 is 0 Å². The summed E-state index contributed by atoms with van der Waals surface area (Å²) in [6.07, 6.45) is 0. The predicted molar refractivity (Wildman–Crippen MR) is 135 cm³/mol. The van der Waals surface area contributed by atoms with Gasteiger partial charge in [0, 0.05) is 31.7 Å². The Balaban J connectivity index is 2.08. The third-order valence-corrected chi connectivity index (χ3v) is 7.85. The summed E-state index contributed by atoms with van der Waals surface area (Å²) >= 11 is 0. The van der Waals surface area contributed by atoms with Gasteiger partial charge in [-0.15, -0.1) is 0 Å². The van der Waals surface area contributed by atoms with Gasteiger partial charge in [-0.3, -0.25) is 4.79 Å². The first-order chi connectivity index (χ1) is 16.3. The molecule has 182 valence electrons. The molecule has 2 aromatic carbocycles. The smallest absolute Gasteiger partial charge is 0.261 e. The SMILES string of the molecule is CCN(CC)c1ccc(S(=O)(=O)N(CC)CC)cc1NC(=O)c1c(-c2ccccc2)noc1C. The average Bonchev–Trinajstić information content (AvgIpc) is 3.23. The summed E-state index contributed by atoms with van der Waals surface area (Å²) in [6.45, 7) is 11.4. The van der Waals surface area contributed by atoms with Crippen LogP contribution in [0.2, 0.25) is 0 Å². The Hall–Kier alpha value is -3.17. The van der Waals surface area contributed by atoms with E-state index < -0.39 is 15.9 Å². The molecule has 0 atom stereocenters. The van der Waals surface area contributed by atoms with Gasteiger partial charge in [-0.2, -0.15) is 4.31 Å². The quantitative estimate of drug-likeness (QED) is 0.445. The first-order valence-corrected chi connectivity index (χ1v) is 12.9. The molecular weight excluding hydrogens is 452 g/mol. The van der Waals surface area contributed by atoms with Gasteiger partial charge in [0.2, 0.25) is 10.0 Å². The van der Waals surface area contributed by atoms with Crippen LogP contribution in [-0.2, 0) is 10.0 Å². The highest BCUT2D eigenvalue weighted by molar-refractivity contribution is 7.89. The van der Waals surface area contributed by atoms with Crippen molar-refractivity contribution in [3.63, 3.8) is 0 Å². The lowest BCUT2D eigenvalue weighted by molar-refractivity contribution is 0.102. The lowest BCUT2D eigenvalue weighted by atomic mass is 10.1. The standard InChI is InChI=1S/C25H32N4O4S/c1-6-28(7-2)22-16-15-20(34(31,32)29(8-3)9-4)17-21(22)26-25(30)23-18(5)33-27-24(23)19-13-11-10-12-14-19/h10-17H,6-9H2,1-5H3,(H,26,30). The van der Waals surface area contributed by atoms with E-state index in [1.54, 1.807) is 32.9 Å². The number of rotatable bonds is 10. The Morgan fingerprint density at radius 2 is 1.62 bits per heavy atom. The van der Waals surface area contributed by atoms with Crippen LogP contribution in [0.15, 0.2) is 57.9 Å². The maximum absolute atomic E-state index is 13.5. The third kappa shape index (κ3) is 5.00. The summed E-state index contributed by atoms with van der Waals surface area (Å²) in [5, 5.41) is 7.03. The van der Waals surface area contributed by atoms with Gasteiger partial charge in [-0.1, -0.05) is 49.3 Å². The normalized spacial score (nSPS) is 11.6. The molecule has 0 unspecified atom stereocenters. The van der Waals surface area contributed by atoms with Gasteiger partial charge >= 0.3 is 0 Å². The van der Waals surface area contributed by atoms with E-state index in [4.69, 9.17) is 4.52 Å². The Kier molecular flexibility index (Phi) is 8.11. The Morgan fingerprint density at radius 3 is 2.21 bits per heavy atom. The van der Waals surface area contributed by atoms with Gasteiger partial charge in [-0.25, -0.2) is 8.42 Å². The molecule has 1 amide bonds. The fourth-order valence-corrected chi connectivity index (χ4v) is 5.43. The number of benzene rings is 2. The van der Waals surface area contributed by atoms with Crippen LogP contribution in [0, 0.1) is 6.92 Å². The van der Waals surface area contributed by atoms with E-state index in [2.05, 4.69) is 15.4 Å². The lowest BCUT2D eigenvalue weighted by Crippen LogP contribution is -2.31. The van der Waals surface area contributed by atoms with Crippen molar-refractivity contribution in [3.05, 3.63) is 59.9 Å². The first kappa shape index (κ1) is 25.5. The molecule has 8 nitrogen and oxygen atoms in total. The average molecular weight is 485 g/mol. The second-order valence-electron chi connectivity index (χ2n) is 7.72. The molecule has 1 aromatic heterocycles. The van der Waals surface area contributed by atoms with Gasteiger partial charge in [0.25, 0.3) is 5.91 Å². The Labute approximate surface area is 201 Å². The predicted octanol–water partition coefficient (Wildman–Crippen LogP) is 4.78. The van der Waals surface area contributed by atoms with E-state index in [1.165, 1.54) is 10.4 Å². The fourth-order valence-electron chi connectivity index (χ4n) is 3.95. The number of hydrogen-bond donors (Lipinski definition) is 1. The van der Waals surface area contributed by atoms with E-state index in [1.807, 2.05) is 44.2 Å². The molecule has 3 aromatic rings. The fraction of sp³-hybridized carbons (Fsp3) is 0.360. The highest BCUT2D eigenvalue weighted by Gasteiger charge is 2.26. The maximum Gasteiger partial charge on any atom is 0.261 e. The van der Waals surface area contributed by atoms with E-state index in [0.29, 0.717) is 48.9 Å². The number of carbonyl (C=O) groups is 1. The van der Waals surface area contributed by atoms with Crippen molar-refractivity contribution in [2.24, 2.45) is 0 Å². The zero-order valence-corrected chi connectivity index (χ0v) is 21.1. The van der Waals surface area contributed by atoms with E-state index in [9.17, 15) is 13.2 Å². The van der Waals surface area contributed by atoms with E-state index in [-0.39, 0.29) is 4.90 Å². The molecule has 0 spiro atoms. The minimum Gasteiger partial charge on any atom is -0.370 e. The third-order valence-electron chi connectivity index (χ3n) is 5.80. The summed E-state index contributed by atoms with van der Waals surface area (Å²) in [4.78, 5) is 15.6. The number of hydrogen-bond acceptors (Lipinski definition) is 6. The van der Waals surface area contributed by atoms with Gasteiger partial charge < -0.3 is 14.7 Å². The van der Waals surface area contributed by atoms with Crippen LogP contribution in [0.3, 0.4) is 0 Å². The zero-order chi connectivity index (χ0) is 24.9. The highest BCUT2D eigenvalue weighted by Crippen LogP contribution is 2.32. The van der Waals surface area contributed by atoms with Crippen molar-refractivity contribution in [1.29, 1.82) is 0 Å². The van der Waals surface area contributed by atoms with Crippen molar-refractivity contribution in [2.75, 3.05) is 36.4 Å². The number of aryl methyl sites for hydroxylation is 1. The van der Waals surface area contributed by atoms with Crippen LogP contribution >= 0.6 is 0 Å². The molecule has 1 heterocycles. The summed E-state index contributed by atoms with van der Waals surface area (Å²) in [7, 11) is -3.70. The highest BCUT2D eigenvalue weighted by atomic mass is 32.2. The van der Waals surface area contributed by atoms with Crippen molar-refractivity contribution in [2.45, 2.75) is 39.5 Å². The molecule has 0 aliphatic heterocycles.